The molecule has 5 aromatic rings. The van der Waals surface area contributed by atoms with Crippen molar-refractivity contribution >= 4 is 32.4 Å². The highest BCUT2D eigenvalue weighted by Crippen LogP contribution is 2.49. The second-order valence-electron chi connectivity index (χ2n) is 11.2. The molecule has 5 atom stereocenters. The Hall–Kier alpha value is -3.53. The van der Waals surface area contributed by atoms with Gasteiger partial charge in [-0.25, -0.2) is 0 Å². The molecule has 2 bridgehead atoms. The predicted molar refractivity (Wildman–Crippen MR) is 152 cm³/mol. The van der Waals surface area contributed by atoms with Crippen molar-refractivity contribution in [3.05, 3.63) is 115 Å². The molecule has 0 radical (unpaired) electrons. The van der Waals surface area contributed by atoms with Gasteiger partial charge in [-0.1, -0.05) is 72.8 Å². The van der Waals surface area contributed by atoms with E-state index in [0.717, 1.165) is 47.0 Å². The maximum Gasteiger partial charge on any atom is 0.131 e. The average Bonchev–Trinajstić information content (AvgIpc) is 2.96. The number of benzene rings is 4. The molecular weight excluding hydrogens is 452 g/mol. The number of quaternary nitrogens is 1. The largest absolute Gasteiger partial charge is 0.382 e. The van der Waals surface area contributed by atoms with Gasteiger partial charge < -0.3 is 9.59 Å². The molecule has 2 unspecified atom stereocenters. The van der Waals surface area contributed by atoms with Crippen molar-refractivity contribution < 1.29 is 9.59 Å². The van der Waals surface area contributed by atoms with E-state index in [9.17, 15) is 5.11 Å². The zero-order valence-electron chi connectivity index (χ0n) is 21.1. The van der Waals surface area contributed by atoms with Crippen LogP contribution < -0.4 is 0 Å². The molecule has 0 aliphatic carbocycles. The quantitative estimate of drug-likeness (QED) is 0.162. The van der Waals surface area contributed by atoms with Crippen molar-refractivity contribution in [1.29, 1.82) is 0 Å². The van der Waals surface area contributed by atoms with Crippen LogP contribution in [-0.4, -0.2) is 33.7 Å². The Labute approximate surface area is 218 Å². The number of fused-ring (bicyclic) bond motifs is 6. The second-order valence-corrected chi connectivity index (χ2v) is 11.2. The normalized spacial score (nSPS) is 26.0. The minimum absolute atomic E-state index is 0.137. The lowest BCUT2D eigenvalue weighted by molar-refractivity contribution is -0.984. The molecule has 8 rings (SSSR count). The SMILES string of the molecule is C=C[C@H]1C[N+]2(Cc3c4ccccc4cc4ccccc34)CCC1C[C@H]2[C@@H](O)c1ccnc2ccccc12. The van der Waals surface area contributed by atoms with Gasteiger partial charge in [-0.3, -0.25) is 4.98 Å². The van der Waals surface area contributed by atoms with E-state index in [1.165, 1.54) is 33.5 Å². The van der Waals surface area contributed by atoms with Crippen LogP contribution in [0, 0.1) is 11.8 Å². The van der Waals surface area contributed by atoms with E-state index < -0.39 is 6.10 Å². The van der Waals surface area contributed by atoms with Crippen molar-refractivity contribution in [2.75, 3.05) is 13.1 Å². The summed E-state index contributed by atoms with van der Waals surface area (Å²) in [5.74, 6) is 1.09. The minimum atomic E-state index is -0.539. The molecule has 4 heterocycles. The number of pyridine rings is 1. The lowest BCUT2D eigenvalue weighted by atomic mass is 9.71. The summed E-state index contributed by atoms with van der Waals surface area (Å²) in [4.78, 5) is 4.57. The lowest BCUT2D eigenvalue weighted by Crippen LogP contribution is -2.67. The summed E-state index contributed by atoms with van der Waals surface area (Å²) in [6.07, 6.45) is 5.72. The summed E-state index contributed by atoms with van der Waals surface area (Å²) in [5.41, 5.74) is 3.37. The number of aromatic nitrogens is 1. The summed E-state index contributed by atoms with van der Waals surface area (Å²) in [5, 5.41) is 18.4. The van der Waals surface area contributed by atoms with Crippen LogP contribution >= 0.6 is 0 Å². The summed E-state index contributed by atoms with van der Waals surface area (Å²) in [6.45, 7) is 7.28. The molecule has 0 spiro atoms. The number of nitrogens with zero attached hydrogens (tertiary/aromatic N) is 2. The van der Waals surface area contributed by atoms with Crippen molar-refractivity contribution in [1.82, 2.24) is 4.98 Å². The monoisotopic (exact) mass is 485 g/mol. The average molecular weight is 486 g/mol. The van der Waals surface area contributed by atoms with E-state index in [4.69, 9.17) is 0 Å². The second kappa shape index (κ2) is 8.79. The molecular formula is C34H33N2O+. The van der Waals surface area contributed by atoms with Gasteiger partial charge in [-0.15, -0.1) is 6.58 Å². The summed E-state index contributed by atoms with van der Waals surface area (Å²) in [6, 6.07) is 30.3. The van der Waals surface area contributed by atoms with Gasteiger partial charge in [0.05, 0.1) is 18.6 Å². The molecule has 3 heteroatoms. The van der Waals surface area contributed by atoms with Gasteiger partial charge >= 0.3 is 0 Å². The molecule has 3 saturated heterocycles. The number of piperidine rings is 3. The topological polar surface area (TPSA) is 33.1 Å². The highest BCUT2D eigenvalue weighted by Gasteiger charge is 2.54. The smallest absolute Gasteiger partial charge is 0.131 e. The van der Waals surface area contributed by atoms with Crippen LogP contribution in [0.2, 0.25) is 0 Å². The molecule has 3 aliphatic rings. The van der Waals surface area contributed by atoms with Gasteiger partial charge in [0.25, 0.3) is 0 Å². The fourth-order valence-corrected chi connectivity index (χ4v) is 7.56. The van der Waals surface area contributed by atoms with Crippen LogP contribution in [-0.2, 0) is 6.54 Å². The zero-order valence-corrected chi connectivity index (χ0v) is 21.1. The van der Waals surface area contributed by atoms with Gasteiger partial charge in [0.2, 0.25) is 0 Å². The zero-order chi connectivity index (χ0) is 25.0. The first-order chi connectivity index (χ1) is 18.2. The molecule has 0 saturated carbocycles. The standard InChI is InChI=1S/C34H33N2O/c1-2-23-21-36(22-31-27-11-5-3-9-25(27)19-26-10-4-6-12-28(26)31)18-16-24(23)20-33(36)34(37)30-15-17-35-32-14-8-7-13-29(30)32/h2-15,17,19,23-24,33-34,37H,1,16,18,20-22H2/q+1/t23-,24?,33-,34-,36?/m0/s1. The number of para-hydroxylation sites is 1. The number of aliphatic hydroxyl groups excluding tert-OH is 1. The molecule has 0 amide bonds. The molecule has 1 N–H and O–H groups in total. The van der Waals surface area contributed by atoms with E-state index in [2.05, 4.69) is 78.3 Å². The molecule has 3 nitrogen and oxygen atoms in total. The van der Waals surface area contributed by atoms with Crippen molar-refractivity contribution in [2.45, 2.75) is 31.5 Å². The van der Waals surface area contributed by atoms with Crippen LogP contribution in [0.4, 0.5) is 0 Å². The van der Waals surface area contributed by atoms with Crippen molar-refractivity contribution in [3.8, 4) is 0 Å². The molecule has 4 aromatic carbocycles. The molecule has 3 aliphatic heterocycles. The van der Waals surface area contributed by atoms with Gasteiger partial charge in [0.15, 0.2) is 0 Å². The Kier molecular flexibility index (Phi) is 5.38. The van der Waals surface area contributed by atoms with Crippen molar-refractivity contribution in [3.63, 3.8) is 0 Å². The highest BCUT2D eigenvalue weighted by molar-refractivity contribution is 6.02. The van der Waals surface area contributed by atoms with E-state index >= 15 is 0 Å². The van der Waals surface area contributed by atoms with E-state index in [1.807, 2.05) is 30.5 Å². The van der Waals surface area contributed by atoms with Crippen LogP contribution in [0.1, 0.15) is 30.1 Å². The third kappa shape index (κ3) is 3.60. The van der Waals surface area contributed by atoms with Crippen molar-refractivity contribution in [2.24, 2.45) is 11.8 Å². The van der Waals surface area contributed by atoms with Crippen LogP contribution in [0.15, 0.2) is 104 Å². The summed E-state index contributed by atoms with van der Waals surface area (Å²) < 4.78 is 0.906. The third-order valence-electron chi connectivity index (χ3n) is 9.40. The summed E-state index contributed by atoms with van der Waals surface area (Å²) in [7, 11) is 0. The Morgan fingerprint density at radius 3 is 2.32 bits per heavy atom. The Morgan fingerprint density at radius 2 is 1.59 bits per heavy atom. The first-order valence-electron chi connectivity index (χ1n) is 13.6. The number of aliphatic hydroxyl groups is 1. The molecule has 184 valence electrons. The van der Waals surface area contributed by atoms with Gasteiger partial charge in [-0.05, 0) is 51.2 Å². The lowest BCUT2D eigenvalue weighted by Gasteiger charge is -2.58. The fourth-order valence-electron chi connectivity index (χ4n) is 7.56. The van der Waals surface area contributed by atoms with Gasteiger partial charge in [0.1, 0.15) is 18.7 Å². The first-order valence-corrected chi connectivity index (χ1v) is 13.6. The van der Waals surface area contributed by atoms with E-state index in [-0.39, 0.29) is 6.04 Å². The van der Waals surface area contributed by atoms with E-state index in [0.29, 0.717) is 11.8 Å². The van der Waals surface area contributed by atoms with Gasteiger partial charge in [-0.2, -0.15) is 0 Å². The Morgan fingerprint density at radius 1 is 0.919 bits per heavy atom. The van der Waals surface area contributed by atoms with Gasteiger partial charge in [0, 0.05) is 35.9 Å². The molecule has 37 heavy (non-hydrogen) atoms. The minimum Gasteiger partial charge on any atom is -0.382 e. The third-order valence-corrected chi connectivity index (χ3v) is 9.40. The number of rotatable bonds is 5. The maximum atomic E-state index is 12.1. The number of hydrogen-bond acceptors (Lipinski definition) is 2. The highest BCUT2D eigenvalue weighted by atomic mass is 16.3. The summed E-state index contributed by atoms with van der Waals surface area (Å²) >= 11 is 0. The van der Waals surface area contributed by atoms with Crippen LogP contribution in [0.3, 0.4) is 0 Å². The first kappa shape index (κ1) is 22.7. The number of hydrogen-bond donors (Lipinski definition) is 1. The fraction of sp³-hybridized carbons (Fsp3) is 0.265. The van der Waals surface area contributed by atoms with Crippen LogP contribution in [0.5, 0.6) is 0 Å². The maximum absolute atomic E-state index is 12.1. The Bertz CT molecular complexity index is 1580. The van der Waals surface area contributed by atoms with E-state index in [1.54, 1.807) is 0 Å². The Balaban J connectivity index is 1.39. The molecule has 1 aromatic heterocycles. The molecule has 3 fully saturated rings. The predicted octanol–water partition coefficient (Wildman–Crippen LogP) is 7.19. The van der Waals surface area contributed by atoms with Crippen LogP contribution in [0.25, 0.3) is 32.4 Å².